The van der Waals surface area contributed by atoms with E-state index >= 15 is 0 Å². The van der Waals surface area contributed by atoms with Crippen LogP contribution in [0.4, 0.5) is 10.1 Å². The zero-order valence-electron chi connectivity index (χ0n) is 17.7. The summed E-state index contributed by atoms with van der Waals surface area (Å²) in [5, 5.41) is 9.55. The second-order valence-corrected chi connectivity index (χ2v) is 7.19. The maximum absolute atomic E-state index is 13.0. The Bertz CT molecular complexity index is 1230. The topological polar surface area (TPSA) is 98.4 Å². The first-order valence-corrected chi connectivity index (χ1v) is 10.1. The van der Waals surface area contributed by atoms with E-state index in [-0.39, 0.29) is 30.6 Å². The molecule has 0 radical (unpaired) electrons. The normalized spacial score (nSPS) is 10.6. The molecule has 9 heteroatoms. The summed E-state index contributed by atoms with van der Waals surface area (Å²) in [6, 6.07) is 16.1. The Balaban J connectivity index is 1.37. The van der Waals surface area contributed by atoms with Crippen LogP contribution in [0.5, 0.6) is 5.75 Å². The summed E-state index contributed by atoms with van der Waals surface area (Å²) in [4.78, 5) is 25.3. The van der Waals surface area contributed by atoms with Gasteiger partial charge in [-0.2, -0.15) is 5.10 Å². The predicted octanol–water partition coefficient (Wildman–Crippen LogP) is 3.91. The van der Waals surface area contributed by atoms with Crippen molar-refractivity contribution < 1.29 is 23.1 Å². The van der Waals surface area contributed by atoms with E-state index in [0.29, 0.717) is 22.8 Å². The van der Waals surface area contributed by atoms with Gasteiger partial charge in [-0.25, -0.2) is 4.39 Å². The van der Waals surface area contributed by atoms with E-state index in [2.05, 4.69) is 15.7 Å². The number of hydrogen-bond donors (Lipinski definition) is 2. The molecule has 2 amide bonds. The van der Waals surface area contributed by atoms with Crippen LogP contribution in [0.2, 0.25) is 0 Å². The van der Waals surface area contributed by atoms with Crippen LogP contribution in [0.3, 0.4) is 0 Å². The number of hydrogen-bond acceptors (Lipinski definition) is 5. The van der Waals surface area contributed by atoms with Crippen LogP contribution in [-0.4, -0.2) is 21.6 Å². The van der Waals surface area contributed by atoms with Crippen molar-refractivity contribution in [3.8, 4) is 5.75 Å². The van der Waals surface area contributed by atoms with Gasteiger partial charge in [-0.15, -0.1) is 0 Å². The summed E-state index contributed by atoms with van der Waals surface area (Å²) in [5.41, 5.74) is 1.77. The molecule has 4 rings (SSSR count). The Morgan fingerprint density at radius 3 is 2.52 bits per heavy atom. The molecular weight excluding hydrogens is 427 g/mol. The standard InChI is InChI=1S/C24H21FN4O4/c1-29-22(24(31)26-13-20-3-2-12-32-20)21(14-27-29)28-23(30)17-6-4-16(5-7-17)15-33-19-10-8-18(25)9-11-19/h2-12,14H,13,15H2,1H3,(H,26,31)(H,28,30). The number of carbonyl (C=O) groups is 2. The van der Waals surface area contributed by atoms with E-state index in [9.17, 15) is 14.0 Å². The number of furan rings is 1. The molecule has 0 aliphatic rings. The molecule has 0 bridgehead atoms. The first kappa shape index (κ1) is 21.8. The average molecular weight is 448 g/mol. The van der Waals surface area contributed by atoms with Gasteiger partial charge in [0.15, 0.2) is 0 Å². The molecule has 0 aliphatic heterocycles. The molecule has 0 atom stereocenters. The molecule has 8 nitrogen and oxygen atoms in total. The maximum atomic E-state index is 13.0. The average Bonchev–Trinajstić information content (AvgIpc) is 3.47. The lowest BCUT2D eigenvalue weighted by Crippen LogP contribution is -2.26. The fourth-order valence-corrected chi connectivity index (χ4v) is 3.11. The van der Waals surface area contributed by atoms with E-state index in [1.807, 2.05) is 0 Å². The molecule has 4 aromatic rings. The molecule has 0 fully saturated rings. The van der Waals surface area contributed by atoms with Gasteiger partial charge in [-0.05, 0) is 54.1 Å². The number of aryl methyl sites for hydroxylation is 1. The minimum Gasteiger partial charge on any atom is -0.489 e. The summed E-state index contributed by atoms with van der Waals surface area (Å²) in [7, 11) is 1.62. The first-order valence-electron chi connectivity index (χ1n) is 10.1. The molecule has 2 aromatic carbocycles. The van der Waals surface area contributed by atoms with Crippen LogP contribution in [0.15, 0.2) is 77.5 Å². The third-order valence-corrected chi connectivity index (χ3v) is 4.84. The van der Waals surface area contributed by atoms with Crippen molar-refractivity contribution in [3.63, 3.8) is 0 Å². The zero-order valence-corrected chi connectivity index (χ0v) is 17.7. The summed E-state index contributed by atoms with van der Waals surface area (Å²) in [5.74, 6) is 0.0563. The molecule has 2 N–H and O–H groups in total. The lowest BCUT2D eigenvalue weighted by atomic mass is 10.1. The number of aromatic nitrogens is 2. The fourth-order valence-electron chi connectivity index (χ4n) is 3.11. The lowest BCUT2D eigenvalue weighted by molar-refractivity contribution is 0.0939. The highest BCUT2D eigenvalue weighted by Gasteiger charge is 2.19. The van der Waals surface area contributed by atoms with E-state index in [1.54, 1.807) is 55.6 Å². The molecule has 33 heavy (non-hydrogen) atoms. The van der Waals surface area contributed by atoms with Crippen LogP contribution in [-0.2, 0) is 20.2 Å². The number of nitrogens with zero attached hydrogens (tertiary/aromatic N) is 2. The van der Waals surface area contributed by atoms with E-state index in [1.165, 1.54) is 29.3 Å². The van der Waals surface area contributed by atoms with Gasteiger partial charge in [0.05, 0.1) is 24.7 Å². The highest BCUT2D eigenvalue weighted by molar-refractivity contribution is 6.08. The second kappa shape index (κ2) is 9.82. The van der Waals surface area contributed by atoms with Crippen molar-refractivity contribution >= 4 is 17.5 Å². The van der Waals surface area contributed by atoms with E-state index in [4.69, 9.17) is 9.15 Å². The highest BCUT2D eigenvalue weighted by atomic mass is 19.1. The molecule has 2 aromatic heterocycles. The van der Waals surface area contributed by atoms with Crippen LogP contribution >= 0.6 is 0 Å². The van der Waals surface area contributed by atoms with Crippen LogP contribution in [0, 0.1) is 5.82 Å². The number of ether oxygens (including phenoxy) is 1. The summed E-state index contributed by atoms with van der Waals surface area (Å²) in [6.45, 7) is 0.488. The van der Waals surface area contributed by atoms with Crippen molar-refractivity contribution in [3.05, 3.63) is 102 Å². The van der Waals surface area contributed by atoms with Crippen molar-refractivity contribution in [2.45, 2.75) is 13.2 Å². The summed E-state index contributed by atoms with van der Waals surface area (Å²) < 4.78 is 25.2. The molecule has 0 aliphatic carbocycles. The number of rotatable bonds is 8. The van der Waals surface area contributed by atoms with Gasteiger partial charge in [0.2, 0.25) is 0 Å². The Labute approximate surface area is 189 Å². The first-order chi connectivity index (χ1) is 16.0. The van der Waals surface area contributed by atoms with Crippen LogP contribution in [0.1, 0.15) is 32.2 Å². The molecular formula is C24H21FN4O4. The number of amides is 2. The quantitative estimate of drug-likeness (QED) is 0.426. The molecule has 2 heterocycles. The molecule has 0 saturated carbocycles. The highest BCUT2D eigenvalue weighted by Crippen LogP contribution is 2.17. The molecule has 168 valence electrons. The third kappa shape index (κ3) is 5.45. The van der Waals surface area contributed by atoms with Gasteiger partial charge in [-0.1, -0.05) is 12.1 Å². The van der Waals surface area contributed by atoms with Crippen LogP contribution < -0.4 is 15.4 Å². The Morgan fingerprint density at radius 1 is 1.06 bits per heavy atom. The predicted molar refractivity (Wildman–Crippen MR) is 118 cm³/mol. The van der Waals surface area contributed by atoms with Gasteiger partial charge in [-0.3, -0.25) is 14.3 Å². The summed E-state index contributed by atoms with van der Waals surface area (Å²) >= 11 is 0. The number of anilines is 1. The number of nitrogens with one attached hydrogen (secondary N) is 2. The number of halogens is 1. The van der Waals surface area contributed by atoms with Gasteiger partial charge >= 0.3 is 0 Å². The minimum absolute atomic E-state index is 0.214. The molecule has 0 saturated heterocycles. The van der Waals surface area contributed by atoms with Gasteiger partial charge in [0.25, 0.3) is 11.8 Å². The largest absolute Gasteiger partial charge is 0.489 e. The van der Waals surface area contributed by atoms with Gasteiger partial charge < -0.3 is 19.8 Å². The Hall–Kier alpha value is -4.40. The van der Waals surface area contributed by atoms with Crippen molar-refractivity contribution in [1.29, 1.82) is 0 Å². The molecule has 0 spiro atoms. The van der Waals surface area contributed by atoms with E-state index < -0.39 is 5.91 Å². The SMILES string of the molecule is Cn1ncc(NC(=O)c2ccc(COc3ccc(F)cc3)cc2)c1C(=O)NCc1ccco1. The van der Waals surface area contributed by atoms with Crippen molar-refractivity contribution in [2.24, 2.45) is 7.05 Å². The Morgan fingerprint density at radius 2 is 1.82 bits per heavy atom. The second-order valence-electron chi connectivity index (χ2n) is 7.19. The number of benzene rings is 2. The zero-order chi connectivity index (χ0) is 23.2. The maximum Gasteiger partial charge on any atom is 0.272 e. The summed E-state index contributed by atoms with van der Waals surface area (Å²) in [6.07, 6.45) is 2.95. The minimum atomic E-state index is -0.394. The smallest absolute Gasteiger partial charge is 0.272 e. The van der Waals surface area contributed by atoms with Crippen molar-refractivity contribution in [2.75, 3.05) is 5.32 Å². The van der Waals surface area contributed by atoms with Gasteiger partial charge in [0, 0.05) is 12.6 Å². The lowest BCUT2D eigenvalue weighted by Gasteiger charge is -2.09. The third-order valence-electron chi connectivity index (χ3n) is 4.84. The van der Waals surface area contributed by atoms with Gasteiger partial charge in [0.1, 0.15) is 29.6 Å². The van der Waals surface area contributed by atoms with E-state index in [0.717, 1.165) is 5.56 Å². The monoisotopic (exact) mass is 448 g/mol. The van der Waals surface area contributed by atoms with Crippen molar-refractivity contribution in [1.82, 2.24) is 15.1 Å². The number of carbonyl (C=O) groups excluding carboxylic acids is 2. The van der Waals surface area contributed by atoms with Crippen LogP contribution in [0.25, 0.3) is 0 Å². The molecule has 0 unspecified atom stereocenters. The Kier molecular flexibility index (Phi) is 6.49. The fraction of sp³-hybridized carbons (Fsp3) is 0.125.